The number of hydrogen-bond donors (Lipinski definition) is 0. The highest BCUT2D eigenvalue weighted by atomic mass is 79.9. The molecular formula is C15H20BrNO6S. The Morgan fingerprint density at radius 1 is 1.17 bits per heavy atom. The highest BCUT2D eigenvalue weighted by molar-refractivity contribution is 9.10. The summed E-state index contributed by atoms with van der Waals surface area (Å²) in [6.45, 7) is 7.73. The first-order chi connectivity index (χ1) is 10.9. The maximum Gasteiger partial charge on any atom is 0.459 e. The van der Waals surface area contributed by atoms with Gasteiger partial charge in [0.1, 0.15) is 10.5 Å². The molecule has 0 heterocycles. The maximum atomic E-state index is 12.8. The average molecular weight is 422 g/mol. The van der Waals surface area contributed by atoms with Crippen LogP contribution in [0.4, 0.5) is 4.79 Å². The van der Waals surface area contributed by atoms with E-state index < -0.39 is 33.6 Å². The van der Waals surface area contributed by atoms with Gasteiger partial charge in [-0.25, -0.2) is 9.59 Å². The van der Waals surface area contributed by atoms with Crippen LogP contribution >= 0.6 is 15.9 Å². The van der Waals surface area contributed by atoms with Crippen LogP contribution < -0.4 is 0 Å². The molecule has 0 N–H and O–H groups in total. The van der Waals surface area contributed by atoms with Crippen molar-refractivity contribution in [2.45, 2.75) is 45.1 Å². The Kier molecular flexibility index (Phi) is 6.40. The third-order valence-electron chi connectivity index (χ3n) is 2.52. The molecule has 1 aromatic rings. The lowest BCUT2D eigenvalue weighted by atomic mass is 10.2. The Morgan fingerprint density at radius 3 is 2.17 bits per heavy atom. The predicted molar refractivity (Wildman–Crippen MR) is 90.3 cm³/mol. The lowest BCUT2D eigenvalue weighted by Crippen LogP contribution is -2.42. The molecule has 0 atom stereocenters. The number of halogens is 1. The van der Waals surface area contributed by atoms with E-state index >= 15 is 0 Å². The molecule has 0 saturated carbocycles. The molecule has 1 amide bonds. The van der Waals surface area contributed by atoms with Crippen molar-refractivity contribution < 1.29 is 27.6 Å². The van der Waals surface area contributed by atoms with Gasteiger partial charge in [-0.15, -0.1) is 0 Å². The fourth-order valence-electron chi connectivity index (χ4n) is 1.41. The molecule has 0 bridgehead atoms. The van der Waals surface area contributed by atoms with Crippen molar-refractivity contribution in [2.75, 3.05) is 0 Å². The summed E-state index contributed by atoms with van der Waals surface area (Å²) in [6.07, 6.45) is -1.30. The van der Waals surface area contributed by atoms with E-state index in [0.29, 0.717) is 0 Å². The van der Waals surface area contributed by atoms with Crippen molar-refractivity contribution in [3.63, 3.8) is 0 Å². The van der Waals surface area contributed by atoms with Crippen LogP contribution in [-0.4, -0.2) is 30.5 Å². The Morgan fingerprint density at radius 2 is 1.71 bits per heavy atom. The van der Waals surface area contributed by atoms with Gasteiger partial charge in [0.25, 0.3) is 0 Å². The standard InChI is InChI=1S/C15H20BrNO6S/c1-10(2)13(18)23-17(14(19)22-15(3,4)5)24(20,21)12-9-7-6-8-11(12)16/h6-10H,1-5H3. The van der Waals surface area contributed by atoms with E-state index in [9.17, 15) is 18.0 Å². The van der Waals surface area contributed by atoms with Gasteiger partial charge >= 0.3 is 22.1 Å². The minimum absolute atomic E-state index is 0.0132. The molecule has 0 unspecified atom stereocenters. The molecule has 0 fully saturated rings. The van der Waals surface area contributed by atoms with Crippen LogP contribution in [0.15, 0.2) is 33.6 Å². The van der Waals surface area contributed by atoms with Crippen molar-refractivity contribution >= 4 is 38.0 Å². The number of amides is 1. The SMILES string of the molecule is CC(C)C(=O)ON(C(=O)OC(C)(C)C)S(=O)(=O)c1ccccc1Br. The van der Waals surface area contributed by atoms with E-state index in [-0.39, 0.29) is 13.8 Å². The van der Waals surface area contributed by atoms with Gasteiger partial charge < -0.3 is 9.57 Å². The first-order valence-electron chi connectivity index (χ1n) is 7.11. The number of hydroxylamine groups is 1. The number of nitrogens with zero attached hydrogens (tertiary/aromatic N) is 1. The number of hydrogen-bond acceptors (Lipinski definition) is 6. The summed E-state index contributed by atoms with van der Waals surface area (Å²) >= 11 is 3.11. The van der Waals surface area contributed by atoms with Crippen LogP contribution in [0.25, 0.3) is 0 Å². The first-order valence-corrected chi connectivity index (χ1v) is 9.34. The summed E-state index contributed by atoms with van der Waals surface area (Å²) in [7, 11) is -4.46. The van der Waals surface area contributed by atoms with Gasteiger partial charge in [-0.1, -0.05) is 26.0 Å². The minimum atomic E-state index is -4.46. The molecule has 9 heteroatoms. The Bertz CT molecular complexity index is 724. The zero-order chi connectivity index (χ0) is 18.7. The van der Waals surface area contributed by atoms with E-state index in [1.165, 1.54) is 32.0 Å². The van der Waals surface area contributed by atoms with Gasteiger partial charge in [-0.05, 0) is 53.3 Å². The molecule has 7 nitrogen and oxygen atoms in total. The second-order valence-electron chi connectivity index (χ2n) is 6.21. The Hall–Kier alpha value is -1.61. The molecule has 1 aromatic carbocycles. The average Bonchev–Trinajstić information content (AvgIpc) is 2.42. The molecule has 0 aromatic heterocycles. The van der Waals surface area contributed by atoms with Crippen molar-refractivity contribution in [3.8, 4) is 0 Å². The second kappa shape index (κ2) is 7.52. The van der Waals surface area contributed by atoms with Gasteiger partial charge in [0.2, 0.25) is 0 Å². The number of benzene rings is 1. The van der Waals surface area contributed by atoms with Gasteiger partial charge in [-0.2, -0.15) is 8.42 Å². The third-order valence-corrected chi connectivity index (χ3v) is 5.05. The number of rotatable bonds is 3. The van der Waals surface area contributed by atoms with Crippen LogP contribution in [0.1, 0.15) is 34.6 Å². The summed E-state index contributed by atoms with van der Waals surface area (Å²) in [6, 6.07) is 5.86. The second-order valence-corrected chi connectivity index (χ2v) is 8.78. The van der Waals surface area contributed by atoms with E-state index in [1.807, 2.05) is 0 Å². The first kappa shape index (κ1) is 20.4. The van der Waals surface area contributed by atoms with Crippen molar-refractivity contribution in [2.24, 2.45) is 5.92 Å². The van der Waals surface area contributed by atoms with Crippen molar-refractivity contribution in [1.82, 2.24) is 4.47 Å². The number of carbonyl (C=O) groups is 2. The summed E-state index contributed by atoms with van der Waals surface area (Å²) in [4.78, 5) is 28.7. The van der Waals surface area contributed by atoms with Crippen molar-refractivity contribution in [1.29, 1.82) is 0 Å². The third kappa shape index (κ3) is 5.20. The molecule has 0 spiro atoms. The zero-order valence-corrected chi connectivity index (χ0v) is 16.5. The van der Waals surface area contributed by atoms with E-state index in [1.54, 1.807) is 26.8 Å². The number of sulfonamides is 1. The molecule has 0 aliphatic rings. The van der Waals surface area contributed by atoms with Gasteiger partial charge in [0.05, 0.1) is 5.92 Å². The summed E-state index contributed by atoms with van der Waals surface area (Å²) in [5, 5.41) is 0. The predicted octanol–water partition coefficient (Wildman–Crippen LogP) is 3.49. The molecule has 24 heavy (non-hydrogen) atoms. The number of ether oxygens (including phenoxy) is 1. The zero-order valence-electron chi connectivity index (χ0n) is 14.1. The largest absolute Gasteiger partial charge is 0.459 e. The maximum absolute atomic E-state index is 12.8. The van der Waals surface area contributed by atoms with Crippen LogP contribution in [0, 0.1) is 5.92 Å². The normalized spacial score (nSPS) is 12.0. The fraction of sp³-hybridized carbons (Fsp3) is 0.467. The molecular weight excluding hydrogens is 402 g/mol. The molecule has 0 aliphatic heterocycles. The fourth-order valence-corrected chi connectivity index (χ4v) is 3.46. The smallest absolute Gasteiger partial charge is 0.441 e. The molecule has 0 saturated heterocycles. The van der Waals surface area contributed by atoms with E-state index in [0.717, 1.165) is 0 Å². The van der Waals surface area contributed by atoms with Gasteiger partial charge in [0.15, 0.2) is 0 Å². The quantitative estimate of drug-likeness (QED) is 0.693. The summed E-state index contributed by atoms with van der Waals surface area (Å²) < 4.78 is 30.8. The van der Waals surface area contributed by atoms with Crippen LogP contribution in [0.2, 0.25) is 0 Å². The van der Waals surface area contributed by atoms with Gasteiger partial charge in [-0.3, -0.25) is 0 Å². The van der Waals surface area contributed by atoms with E-state index in [4.69, 9.17) is 9.57 Å². The van der Waals surface area contributed by atoms with Crippen LogP contribution in [-0.2, 0) is 24.4 Å². The van der Waals surface area contributed by atoms with Crippen LogP contribution in [0.5, 0.6) is 0 Å². The minimum Gasteiger partial charge on any atom is -0.441 e. The van der Waals surface area contributed by atoms with E-state index in [2.05, 4.69) is 15.9 Å². The van der Waals surface area contributed by atoms with Gasteiger partial charge in [0, 0.05) is 4.47 Å². The lowest BCUT2D eigenvalue weighted by molar-refractivity contribution is -0.170. The summed E-state index contributed by atoms with van der Waals surface area (Å²) in [5.74, 6) is -1.51. The topological polar surface area (TPSA) is 90.0 Å². The highest BCUT2D eigenvalue weighted by Gasteiger charge is 2.38. The molecule has 134 valence electrons. The van der Waals surface area contributed by atoms with Crippen LogP contribution in [0.3, 0.4) is 0 Å². The lowest BCUT2D eigenvalue weighted by Gasteiger charge is -2.26. The Balaban J connectivity index is 3.33. The Labute approximate surface area is 150 Å². The number of carbonyl (C=O) groups excluding carboxylic acids is 2. The molecule has 0 radical (unpaired) electrons. The monoisotopic (exact) mass is 421 g/mol. The highest BCUT2D eigenvalue weighted by Crippen LogP contribution is 2.26. The summed E-state index contributed by atoms with van der Waals surface area (Å²) in [5.41, 5.74) is -0.969. The van der Waals surface area contributed by atoms with Crippen molar-refractivity contribution in [3.05, 3.63) is 28.7 Å². The molecule has 1 rings (SSSR count). The molecule has 0 aliphatic carbocycles.